The summed E-state index contributed by atoms with van der Waals surface area (Å²) in [6.07, 6.45) is 21.2. The van der Waals surface area contributed by atoms with Gasteiger partial charge >= 0.3 is 0 Å². The van der Waals surface area contributed by atoms with E-state index in [-0.39, 0.29) is 5.91 Å². The minimum absolute atomic E-state index is 0.173. The lowest BCUT2D eigenvalue weighted by molar-refractivity contribution is 0.102. The molecule has 1 amide bonds. The van der Waals surface area contributed by atoms with Gasteiger partial charge in [0.05, 0.1) is 19.8 Å². The van der Waals surface area contributed by atoms with Gasteiger partial charge in [-0.25, -0.2) is 0 Å². The van der Waals surface area contributed by atoms with Crippen molar-refractivity contribution >= 4 is 141 Å². The molecule has 0 saturated carbocycles. The van der Waals surface area contributed by atoms with Gasteiger partial charge in [-0.3, -0.25) is 30.5 Å². The summed E-state index contributed by atoms with van der Waals surface area (Å²) in [4.78, 5) is 12.0. The van der Waals surface area contributed by atoms with Crippen molar-refractivity contribution in [3.63, 3.8) is 0 Å². The van der Waals surface area contributed by atoms with E-state index in [4.69, 9.17) is 63.1 Å². The summed E-state index contributed by atoms with van der Waals surface area (Å²) in [5.41, 5.74) is 6.03. The summed E-state index contributed by atoms with van der Waals surface area (Å²) in [5, 5.41) is 30.6. The molecule has 5 N–H and O–H groups in total. The largest absolute Gasteiger partial charge is 0.494 e. The minimum atomic E-state index is -0.173. The maximum Gasteiger partial charge on any atom is 0.257 e. The van der Waals surface area contributed by atoms with E-state index in [0.717, 1.165) is 94.3 Å². The van der Waals surface area contributed by atoms with E-state index in [9.17, 15) is 4.79 Å². The smallest absolute Gasteiger partial charge is 0.257 e. The van der Waals surface area contributed by atoms with E-state index in [1.165, 1.54) is 128 Å². The van der Waals surface area contributed by atoms with Crippen LogP contribution in [-0.2, 0) is 0 Å². The number of H-pyrrole nitrogens is 4. The van der Waals surface area contributed by atoms with Gasteiger partial charge in [-0.2, -0.15) is 15.3 Å². The van der Waals surface area contributed by atoms with Gasteiger partial charge in [0.25, 0.3) is 5.91 Å². The molecule has 502 valence electrons. The normalized spacial score (nSPS) is 12.2. The molecule has 0 aliphatic rings. The van der Waals surface area contributed by atoms with E-state index in [2.05, 4.69) is 162 Å². The van der Waals surface area contributed by atoms with Crippen LogP contribution in [0.4, 0.5) is 5.13 Å². The number of nitrogens with zero attached hydrogens (tertiary/aromatic N) is 4. The highest BCUT2D eigenvalue weighted by atomic mass is 32.2. The van der Waals surface area contributed by atoms with Crippen LogP contribution in [0.1, 0.15) is 221 Å². The topological polar surface area (TPSA) is 172 Å². The number of ether oxygens (including phenoxy) is 3. The Morgan fingerprint density at radius 3 is 1.01 bits per heavy atom. The number of hydrogen-bond donors (Lipinski definition) is 5. The maximum atomic E-state index is 12.0. The molecule has 8 aromatic rings. The number of nitrogens with one attached hydrogen (secondary N) is 5. The predicted octanol–water partition coefficient (Wildman–Crippen LogP) is 23.7. The van der Waals surface area contributed by atoms with Crippen molar-refractivity contribution in [1.29, 1.82) is 0 Å². The highest BCUT2D eigenvalue weighted by Gasteiger charge is 2.11. The van der Waals surface area contributed by atoms with Gasteiger partial charge in [0, 0.05) is 22.8 Å². The number of amides is 1. The zero-order valence-electron chi connectivity index (χ0n) is 54.7. The van der Waals surface area contributed by atoms with Crippen molar-refractivity contribution in [2.24, 2.45) is 0 Å². The van der Waals surface area contributed by atoms with Gasteiger partial charge in [-0.1, -0.05) is 242 Å². The number of benzene rings is 4. The number of carbonyl (C=O) groups excluding carboxylic acids is 1. The van der Waals surface area contributed by atoms with Crippen molar-refractivity contribution < 1.29 is 19.0 Å². The van der Waals surface area contributed by atoms with E-state index >= 15 is 0 Å². The molecule has 8 rings (SSSR count). The van der Waals surface area contributed by atoms with E-state index in [1.807, 2.05) is 48.2 Å². The summed E-state index contributed by atoms with van der Waals surface area (Å²) in [5.74, 6) is 8.23. The van der Waals surface area contributed by atoms with E-state index in [1.54, 1.807) is 46.2 Å². The molecule has 0 saturated heterocycles. The number of aromatic nitrogens is 8. The number of thioether (sulfide) groups is 3. The molecule has 0 fully saturated rings. The van der Waals surface area contributed by atoms with Crippen LogP contribution in [0.2, 0.25) is 0 Å². The third-order valence-corrected chi connectivity index (χ3v) is 23.2. The second-order valence-corrected chi connectivity index (χ2v) is 33.0. The molecule has 0 aliphatic carbocycles. The van der Waals surface area contributed by atoms with Crippen molar-refractivity contribution in [1.82, 2.24) is 40.8 Å². The van der Waals surface area contributed by atoms with Gasteiger partial charge in [0.1, 0.15) is 17.2 Å². The fraction of sp³-hybridized carbons (Fsp3) is 0.515. The molecule has 4 aromatic heterocycles. The van der Waals surface area contributed by atoms with E-state index in [0.29, 0.717) is 48.9 Å². The Morgan fingerprint density at radius 2 is 0.696 bits per heavy atom. The molecule has 0 bridgehead atoms. The Labute approximate surface area is 596 Å². The molecular formula is C68H95N9O4S11. The molecule has 92 heavy (non-hydrogen) atoms. The van der Waals surface area contributed by atoms with E-state index < -0.39 is 0 Å². The van der Waals surface area contributed by atoms with Gasteiger partial charge in [-0.05, 0) is 195 Å². The number of unbranched alkanes of at least 4 members (excludes halogenated alkanes) is 11. The van der Waals surface area contributed by atoms with Crippen molar-refractivity contribution in [2.75, 3.05) is 42.4 Å². The first-order chi connectivity index (χ1) is 44.7. The second-order valence-electron chi connectivity index (χ2n) is 22.3. The fourth-order valence-corrected chi connectivity index (χ4v) is 15.9. The number of anilines is 1. The van der Waals surface area contributed by atoms with Crippen LogP contribution in [0.25, 0.3) is 0 Å². The average molecular weight is 1460 g/mol. The van der Waals surface area contributed by atoms with Crippen LogP contribution in [0.3, 0.4) is 0 Å². The zero-order valence-corrected chi connectivity index (χ0v) is 63.7. The SMILES string of the molecule is CCC(C)c1ccc(C(=O)Nc2n[nH]c(=S)s2)cc1.CCC(C)c1ccc(OCCCCCCCCCCCSc2n[nH]c(=S)s2)cc1.CCC(C)c1ccc(OCCCCCCSc2n[nH]c(=S)s2)cc1.CCC(C)c1ccc(OCCSc2n[nH]c(=S)s2)cc1. The molecular weight excluding hydrogens is 1360 g/mol. The monoisotopic (exact) mass is 1450 g/mol. The Morgan fingerprint density at radius 1 is 0.402 bits per heavy atom. The van der Waals surface area contributed by atoms with Crippen LogP contribution in [0.5, 0.6) is 17.2 Å². The molecule has 0 spiro atoms. The van der Waals surface area contributed by atoms with Gasteiger partial charge in [0.15, 0.2) is 28.8 Å². The average Bonchev–Trinajstić information content (AvgIpc) is 1.67. The minimum Gasteiger partial charge on any atom is -0.494 e. The number of carbonyl (C=O) groups is 1. The molecule has 13 nitrogen and oxygen atoms in total. The van der Waals surface area contributed by atoms with Crippen LogP contribution < -0.4 is 19.5 Å². The van der Waals surface area contributed by atoms with Gasteiger partial charge in [-0.15, -0.1) is 5.10 Å². The van der Waals surface area contributed by atoms with Gasteiger partial charge in [0.2, 0.25) is 5.13 Å². The first kappa shape index (κ1) is 78.6. The number of hydrogen-bond acceptors (Lipinski definition) is 19. The first-order valence-electron chi connectivity index (χ1n) is 32.4. The molecule has 24 heteroatoms. The predicted molar refractivity (Wildman–Crippen MR) is 406 cm³/mol. The lowest BCUT2D eigenvalue weighted by atomic mass is 9.97. The molecule has 4 unspecified atom stereocenters. The summed E-state index contributed by atoms with van der Waals surface area (Å²) in [7, 11) is 0. The quantitative estimate of drug-likeness (QED) is 0.0141. The van der Waals surface area contributed by atoms with Crippen LogP contribution in [-0.4, -0.2) is 83.8 Å². The molecule has 0 aliphatic heterocycles. The third-order valence-electron chi connectivity index (χ3n) is 15.3. The van der Waals surface area contributed by atoms with Crippen molar-refractivity contribution in [3.8, 4) is 17.2 Å². The maximum absolute atomic E-state index is 12.0. The Hall–Kier alpha value is -4.08. The van der Waals surface area contributed by atoms with Crippen LogP contribution >= 0.6 is 130 Å². The first-order valence-corrected chi connectivity index (χ1v) is 40.2. The Balaban J connectivity index is 0.000000226. The fourth-order valence-electron chi connectivity index (χ4n) is 8.86. The molecule has 4 aromatic carbocycles. The summed E-state index contributed by atoms with van der Waals surface area (Å²) < 4.78 is 23.3. The summed E-state index contributed by atoms with van der Waals surface area (Å²) in [6.45, 7) is 20.1. The highest BCUT2D eigenvalue weighted by Crippen LogP contribution is 2.28. The van der Waals surface area contributed by atoms with Crippen LogP contribution in [0, 0.1) is 15.8 Å². The third kappa shape index (κ3) is 32.6. The number of aromatic amines is 4. The standard InChI is InChI=1S/C23H36N2OS3.C18H26N2OS3.C14H18N2OS3.C13H15N3OS2/c1-3-19(2)20-13-15-21(16-14-20)26-17-11-9-7-5-4-6-8-10-12-18-28-23-25-24-22(27)29-23;1-3-14(2)15-8-10-16(11-9-15)21-12-6-4-5-7-13-23-18-20-19-17(22)24-18;1-3-10(2)11-4-6-12(7-5-11)17-8-9-19-14-16-15-13(18)20-14;1-3-8(2)9-4-6-10(7-5-9)11(17)14-12-15-16-13(18)19-12/h13-16,19H,3-12,17-18H2,1-2H3,(H,24,27);8-11,14H,3-7,12-13H2,1-2H3,(H,19,22);4-7,10H,3,8-9H2,1-2H3,(H,15,18);4-8H,3H2,1-2H3,(H,16,18)(H,14,15,17). The lowest BCUT2D eigenvalue weighted by Crippen LogP contribution is -2.11. The molecule has 0 radical (unpaired) electrons. The lowest BCUT2D eigenvalue weighted by Gasteiger charge is -2.10. The van der Waals surface area contributed by atoms with Crippen molar-refractivity contribution in [2.45, 2.75) is 201 Å². The highest BCUT2D eigenvalue weighted by molar-refractivity contribution is 8.01. The molecule has 4 atom stereocenters. The van der Waals surface area contributed by atoms with Crippen LogP contribution in [0.15, 0.2) is 110 Å². The van der Waals surface area contributed by atoms with Crippen molar-refractivity contribution in [3.05, 3.63) is 141 Å². The molecule has 4 heterocycles. The Bertz CT molecular complexity index is 3450. The van der Waals surface area contributed by atoms with Gasteiger partial charge < -0.3 is 14.2 Å². The number of rotatable bonds is 38. The Kier molecular flexibility index (Phi) is 40.1. The summed E-state index contributed by atoms with van der Waals surface area (Å²) >= 11 is 31.1. The zero-order chi connectivity index (χ0) is 66.1. The summed E-state index contributed by atoms with van der Waals surface area (Å²) in [6, 6.07) is 33.3. The second kappa shape index (κ2) is 46.9.